The Labute approximate surface area is 118 Å². The Morgan fingerprint density at radius 2 is 2.21 bits per heavy atom. The lowest BCUT2D eigenvalue weighted by Crippen LogP contribution is -2.41. The lowest BCUT2D eigenvalue weighted by atomic mass is 9.74. The van der Waals surface area contributed by atoms with Crippen molar-refractivity contribution in [1.82, 2.24) is 5.32 Å². The normalized spacial score (nSPS) is 17.7. The van der Waals surface area contributed by atoms with Crippen LogP contribution in [0.5, 0.6) is 0 Å². The molecule has 0 unspecified atom stereocenters. The number of hydrogen-bond donors (Lipinski definition) is 1. The molecule has 0 spiro atoms. The van der Waals surface area contributed by atoms with Crippen LogP contribution >= 0.6 is 11.3 Å². The number of rotatable bonds is 4. The standard InChI is InChI=1S/C15H20N2OS/c1-2-12-6-9-19-13(12)10-17-14(18)15(11-16)7-4-3-5-8-15/h6,9H,2-5,7-8,10H2,1H3,(H,17,18). The number of nitriles is 1. The van der Waals surface area contributed by atoms with Crippen LogP contribution in [0.25, 0.3) is 0 Å². The quantitative estimate of drug-likeness (QED) is 0.916. The highest BCUT2D eigenvalue weighted by molar-refractivity contribution is 7.10. The van der Waals surface area contributed by atoms with E-state index in [0.717, 1.165) is 25.7 Å². The highest BCUT2D eigenvalue weighted by Crippen LogP contribution is 2.36. The van der Waals surface area contributed by atoms with Crippen molar-refractivity contribution in [1.29, 1.82) is 5.26 Å². The summed E-state index contributed by atoms with van der Waals surface area (Å²) in [5.41, 5.74) is 0.516. The maximum atomic E-state index is 12.3. The van der Waals surface area contributed by atoms with Gasteiger partial charge in [0.05, 0.1) is 12.6 Å². The lowest BCUT2D eigenvalue weighted by Gasteiger charge is -2.29. The fourth-order valence-electron chi connectivity index (χ4n) is 2.71. The Kier molecular flexibility index (Phi) is 4.60. The van der Waals surface area contributed by atoms with Gasteiger partial charge in [0.1, 0.15) is 5.41 Å². The van der Waals surface area contributed by atoms with Crippen LogP contribution in [0.15, 0.2) is 11.4 Å². The van der Waals surface area contributed by atoms with Gasteiger partial charge in [-0.25, -0.2) is 0 Å². The highest BCUT2D eigenvalue weighted by atomic mass is 32.1. The van der Waals surface area contributed by atoms with Gasteiger partial charge >= 0.3 is 0 Å². The second-order valence-corrected chi connectivity index (χ2v) is 6.16. The number of carbonyl (C=O) groups excluding carboxylic acids is 1. The van der Waals surface area contributed by atoms with Crippen molar-refractivity contribution in [2.24, 2.45) is 5.41 Å². The Morgan fingerprint density at radius 1 is 1.47 bits per heavy atom. The molecule has 0 atom stereocenters. The van der Waals surface area contributed by atoms with E-state index < -0.39 is 5.41 Å². The van der Waals surface area contributed by atoms with Gasteiger partial charge in [0, 0.05) is 4.88 Å². The van der Waals surface area contributed by atoms with Gasteiger partial charge in [0.15, 0.2) is 0 Å². The highest BCUT2D eigenvalue weighted by Gasteiger charge is 2.39. The predicted octanol–water partition coefficient (Wildman–Crippen LogP) is 3.40. The van der Waals surface area contributed by atoms with Crippen LogP contribution in [-0.2, 0) is 17.8 Å². The second kappa shape index (κ2) is 6.21. The van der Waals surface area contributed by atoms with Gasteiger partial charge in [-0.1, -0.05) is 26.2 Å². The SMILES string of the molecule is CCc1ccsc1CNC(=O)C1(C#N)CCCCC1. The summed E-state index contributed by atoms with van der Waals surface area (Å²) in [7, 11) is 0. The molecule has 2 rings (SSSR count). The fourth-order valence-corrected chi connectivity index (χ4v) is 3.63. The van der Waals surface area contributed by atoms with Crippen LogP contribution in [0.1, 0.15) is 49.5 Å². The van der Waals surface area contributed by atoms with Crippen molar-refractivity contribution >= 4 is 17.2 Å². The topological polar surface area (TPSA) is 52.9 Å². The number of thiophene rings is 1. The van der Waals surface area contributed by atoms with E-state index in [1.165, 1.54) is 10.4 Å². The molecule has 19 heavy (non-hydrogen) atoms. The van der Waals surface area contributed by atoms with E-state index in [1.54, 1.807) is 11.3 Å². The van der Waals surface area contributed by atoms with Crippen molar-refractivity contribution in [3.05, 3.63) is 21.9 Å². The third kappa shape index (κ3) is 2.98. The van der Waals surface area contributed by atoms with Gasteiger partial charge in [-0.05, 0) is 36.3 Å². The summed E-state index contributed by atoms with van der Waals surface area (Å²) in [4.78, 5) is 13.5. The zero-order chi connectivity index (χ0) is 13.7. The van der Waals surface area contributed by atoms with Crippen LogP contribution in [0.3, 0.4) is 0 Å². The Bertz CT molecular complexity index is 481. The van der Waals surface area contributed by atoms with Gasteiger partial charge < -0.3 is 5.32 Å². The summed E-state index contributed by atoms with van der Waals surface area (Å²) >= 11 is 1.67. The minimum absolute atomic E-state index is 0.0786. The zero-order valence-electron chi connectivity index (χ0n) is 11.4. The first-order chi connectivity index (χ1) is 9.22. The third-order valence-electron chi connectivity index (χ3n) is 3.98. The molecule has 4 heteroatoms. The number of carbonyl (C=O) groups is 1. The molecule has 102 valence electrons. The zero-order valence-corrected chi connectivity index (χ0v) is 12.2. The maximum absolute atomic E-state index is 12.3. The van der Waals surface area contributed by atoms with E-state index in [0.29, 0.717) is 19.4 Å². The van der Waals surface area contributed by atoms with Gasteiger partial charge in [-0.15, -0.1) is 11.3 Å². The summed E-state index contributed by atoms with van der Waals surface area (Å²) in [6.45, 7) is 2.67. The average molecular weight is 276 g/mol. The minimum Gasteiger partial charge on any atom is -0.350 e. The predicted molar refractivity (Wildman–Crippen MR) is 76.7 cm³/mol. The molecule has 0 aliphatic heterocycles. The molecule has 1 aromatic heterocycles. The van der Waals surface area contributed by atoms with Crippen molar-refractivity contribution in [2.45, 2.75) is 52.0 Å². The number of nitrogens with zero attached hydrogens (tertiary/aromatic N) is 1. The summed E-state index contributed by atoms with van der Waals surface area (Å²) < 4.78 is 0. The van der Waals surface area contributed by atoms with Gasteiger partial charge in [0.25, 0.3) is 0 Å². The molecule has 3 nitrogen and oxygen atoms in total. The minimum atomic E-state index is -0.776. The first-order valence-corrected chi connectivity index (χ1v) is 7.84. The summed E-state index contributed by atoms with van der Waals surface area (Å²) in [6, 6.07) is 4.37. The number of aryl methyl sites for hydroxylation is 1. The van der Waals surface area contributed by atoms with Crippen LogP contribution < -0.4 is 5.32 Å². The fraction of sp³-hybridized carbons (Fsp3) is 0.600. The van der Waals surface area contributed by atoms with Crippen molar-refractivity contribution in [2.75, 3.05) is 0 Å². The van der Waals surface area contributed by atoms with Crippen LogP contribution in [0.4, 0.5) is 0 Å². The molecular weight excluding hydrogens is 256 g/mol. The average Bonchev–Trinajstić information content (AvgIpc) is 2.92. The molecule has 0 saturated heterocycles. The van der Waals surface area contributed by atoms with E-state index in [9.17, 15) is 10.1 Å². The van der Waals surface area contributed by atoms with E-state index in [-0.39, 0.29) is 5.91 Å². The van der Waals surface area contributed by atoms with Crippen molar-refractivity contribution in [3.63, 3.8) is 0 Å². The first-order valence-electron chi connectivity index (χ1n) is 6.96. The van der Waals surface area contributed by atoms with Crippen LogP contribution in [0, 0.1) is 16.7 Å². The molecule has 1 aliphatic carbocycles. The van der Waals surface area contributed by atoms with E-state index in [2.05, 4.69) is 29.8 Å². The molecule has 1 saturated carbocycles. The van der Waals surface area contributed by atoms with Crippen LogP contribution in [0.2, 0.25) is 0 Å². The third-order valence-corrected chi connectivity index (χ3v) is 4.95. The van der Waals surface area contributed by atoms with Gasteiger partial charge in [-0.2, -0.15) is 5.26 Å². The Balaban J connectivity index is 1.99. The van der Waals surface area contributed by atoms with E-state index >= 15 is 0 Å². The molecule has 0 bridgehead atoms. The van der Waals surface area contributed by atoms with Gasteiger partial charge in [-0.3, -0.25) is 4.79 Å². The molecular formula is C15H20N2OS. The second-order valence-electron chi connectivity index (χ2n) is 5.16. The molecule has 0 aromatic carbocycles. The molecule has 1 heterocycles. The van der Waals surface area contributed by atoms with Gasteiger partial charge in [0.2, 0.25) is 5.91 Å². The van der Waals surface area contributed by atoms with Crippen LogP contribution in [-0.4, -0.2) is 5.91 Å². The van der Waals surface area contributed by atoms with E-state index in [4.69, 9.17) is 0 Å². The summed E-state index contributed by atoms with van der Waals surface area (Å²) in [5.74, 6) is -0.0786. The molecule has 0 radical (unpaired) electrons. The maximum Gasteiger partial charge on any atom is 0.240 e. The number of amides is 1. The lowest BCUT2D eigenvalue weighted by molar-refractivity contribution is -0.129. The molecule has 1 N–H and O–H groups in total. The summed E-state index contributed by atoms with van der Waals surface area (Å²) in [5, 5.41) is 14.4. The first kappa shape index (κ1) is 14.1. The molecule has 1 amide bonds. The smallest absolute Gasteiger partial charge is 0.240 e. The van der Waals surface area contributed by atoms with Crippen molar-refractivity contribution in [3.8, 4) is 6.07 Å². The summed E-state index contributed by atoms with van der Waals surface area (Å²) in [6.07, 6.45) is 5.51. The monoisotopic (exact) mass is 276 g/mol. The molecule has 1 aliphatic rings. The largest absolute Gasteiger partial charge is 0.350 e. The number of nitrogens with one attached hydrogen (secondary N) is 1. The number of hydrogen-bond acceptors (Lipinski definition) is 3. The van der Waals surface area contributed by atoms with E-state index in [1.807, 2.05) is 0 Å². The molecule has 1 fully saturated rings. The Hall–Kier alpha value is -1.34. The van der Waals surface area contributed by atoms with Crippen molar-refractivity contribution < 1.29 is 4.79 Å². The Morgan fingerprint density at radius 3 is 2.84 bits per heavy atom. The molecule has 1 aromatic rings.